The van der Waals surface area contributed by atoms with Crippen molar-refractivity contribution in [3.8, 4) is 0 Å². The lowest BCUT2D eigenvalue weighted by Crippen LogP contribution is -2.53. The van der Waals surface area contributed by atoms with E-state index in [-0.39, 0.29) is 17.6 Å². The van der Waals surface area contributed by atoms with Crippen molar-refractivity contribution >= 4 is 0 Å². The van der Waals surface area contributed by atoms with Crippen molar-refractivity contribution in [3.05, 3.63) is 0 Å². The number of hydrogen-bond donors (Lipinski definition) is 2. The van der Waals surface area contributed by atoms with Crippen molar-refractivity contribution < 1.29 is 10.2 Å². The topological polar surface area (TPSA) is 40.5 Å². The Morgan fingerprint density at radius 2 is 1.59 bits per heavy atom. The van der Waals surface area contributed by atoms with Gasteiger partial charge < -0.3 is 10.2 Å². The number of fused-ring (bicyclic) bond motifs is 5. The predicted molar refractivity (Wildman–Crippen MR) is 121 cm³/mol. The molecule has 0 aromatic carbocycles. The minimum Gasteiger partial charge on any atom is -0.393 e. The van der Waals surface area contributed by atoms with Gasteiger partial charge in [-0.05, 0) is 116 Å². The third-order valence-electron chi connectivity index (χ3n) is 10.9. The second-order valence-electron chi connectivity index (χ2n) is 13.2. The maximum Gasteiger partial charge on any atom is 0.0588 e. The first kappa shape index (κ1) is 22.1. The van der Waals surface area contributed by atoms with Crippen LogP contribution in [0, 0.1) is 45.8 Å². The second kappa shape index (κ2) is 7.80. The van der Waals surface area contributed by atoms with Gasteiger partial charge in [-0.2, -0.15) is 0 Å². The largest absolute Gasteiger partial charge is 0.393 e. The number of aliphatic hydroxyl groups excluding tert-OH is 2. The molecule has 0 bridgehead atoms. The maximum atomic E-state index is 10.4. The fourth-order valence-electron chi connectivity index (χ4n) is 8.81. The standard InChI is InChI=1S/C27H48O2/c1-25(2,3)24(29)8-6-7-18-10-12-22-21-11-9-19-17-20(28)13-15-27(19,5)23(21)14-16-26(18,22)4/h18-24,28-29H,6-17H2,1-5H3/t18?,19?,20?,21?,22?,23?,24-,26?,27?/m1/s1. The van der Waals surface area contributed by atoms with Gasteiger partial charge in [-0.25, -0.2) is 0 Å². The third-order valence-corrected chi connectivity index (χ3v) is 10.9. The number of aliphatic hydroxyl groups is 2. The van der Waals surface area contributed by atoms with E-state index in [0.717, 1.165) is 48.9 Å². The normalized spacial score (nSPS) is 48.5. The molecule has 29 heavy (non-hydrogen) atoms. The van der Waals surface area contributed by atoms with Crippen molar-refractivity contribution in [3.63, 3.8) is 0 Å². The van der Waals surface area contributed by atoms with Gasteiger partial charge in [0, 0.05) is 0 Å². The molecule has 4 saturated carbocycles. The van der Waals surface area contributed by atoms with Crippen molar-refractivity contribution in [2.75, 3.05) is 0 Å². The molecule has 8 unspecified atom stereocenters. The molecule has 2 nitrogen and oxygen atoms in total. The van der Waals surface area contributed by atoms with E-state index >= 15 is 0 Å². The van der Waals surface area contributed by atoms with Crippen LogP contribution in [0.15, 0.2) is 0 Å². The van der Waals surface area contributed by atoms with Gasteiger partial charge in [0.25, 0.3) is 0 Å². The van der Waals surface area contributed by atoms with Crippen molar-refractivity contribution in [2.45, 2.75) is 124 Å². The minimum atomic E-state index is -0.167. The lowest BCUT2D eigenvalue weighted by Gasteiger charge is -2.61. The average molecular weight is 405 g/mol. The summed E-state index contributed by atoms with van der Waals surface area (Å²) in [7, 11) is 0. The van der Waals surface area contributed by atoms with Crippen LogP contribution in [0.1, 0.15) is 112 Å². The van der Waals surface area contributed by atoms with Crippen LogP contribution in [0.4, 0.5) is 0 Å². The first-order valence-corrected chi connectivity index (χ1v) is 12.9. The Balaban J connectivity index is 1.41. The van der Waals surface area contributed by atoms with Crippen molar-refractivity contribution in [1.29, 1.82) is 0 Å². The van der Waals surface area contributed by atoms with Gasteiger partial charge >= 0.3 is 0 Å². The first-order valence-electron chi connectivity index (χ1n) is 12.9. The summed E-state index contributed by atoms with van der Waals surface area (Å²) in [5.74, 6) is 4.43. The van der Waals surface area contributed by atoms with Crippen LogP contribution in [0.25, 0.3) is 0 Å². The molecule has 0 aromatic heterocycles. The highest BCUT2D eigenvalue weighted by Gasteiger charge is 2.59. The SMILES string of the molecule is CC12CCC3C(CCC4CC(O)CCC43C)C1CCC2CCC[C@@H](O)C(C)(C)C. The van der Waals surface area contributed by atoms with Gasteiger partial charge in [0.1, 0.15) is 0 Å². The summed E-state index contributed by atoms with van der Waals surface area (Å²) < 4.78 is 0. The van der Waals surface area contributed by atoms with Crippen LogP contribution in [0.2, 0.25) is 0 Å². The predicted octanol–water partition coefficient (Wildman–Crippen LogP) is 6.58. The Labute approximate surface area is 180 Å². The summed E-state index contributed by atoms with van der Waals surface area (Å²) in [6.07, 6.45) is 15.2. The van der Waals surface area contributed by atoms with E-state index < -0.39 is 0 Å². The molecule has 2 heteroatoms. The fourth-order valence-corrected chi connectivity index (χ4v) is 8.81. The van der Waals surface area contributed by atoms with Gasteiger partial charge in [-0.1, -0.05) is 41.0 Å². The highest BCUT2D eigenvalue weighted by molar-refractivity contribution is 5.09. The lowest BCUT2D eigenvalue weighted by molar-refractivity contribution is -0.127. The zero-order valence-corrected chi connectivity index (χ0v) is 19.9. The van der Waals surface area contributed by atoms with E-state index in [0.29, 0.717) is 10.8 Å². The quantitative estimate of drug-likeness (QED) is 0.555. The van der Waals surface area contributed by atoms with Gasteiger partial charge in [0.2, 0.25) is 0 Å². The van der Waals surface area contributed by atoms with E-state index in [4.69, 9.17) is 0 Å². The Morgan fingerprint density at radius 1 is 0.897 bits per heavy atom. The lowest BCUT2D eigenvalue weighted by atomic mass is 9.44. The molecule has 0 aromatic rings. The highest BCUT2D eigenvalue weighted by atomic mass is 16.3. The molecular formula is C27H48O2. The monoisotopic (exact) mass is 404 g/mol. The third kappa shape index (κ3) is 3.84. The molecule has 4 aliphatic rings. The van der Waals surface area contributed by atoms with Crippen LogP contribution >= 0.6 is 0 Å². The molecule has 168 valence electrons. The van der Waals surface area contributed by atoms with Gasteiger partial charge in [-0.15, -0.1) is 0 Å². The molecule has 2 N–H and O–H groups in total. The molecule has 0 aliphatic heterocycles. The van der Waals surface area contributed by atoms with Crippen LogP contribution < -0.4 is 0 Å². The van der Waals surface area contributed by atoms with E-state index in [2.05, 4.69) is 34.6 Å². The van der Waals surface area contributed by atoms with Crippen molar-refractivity contribution in [1.82, 2.24) is 0 Å². The molecule has 0 saturated heterocycles. The molecule has 9 atom stereocenters. The smallest absolute Gasteiger partial charge is 0.0588 e. The molecule has 0 heterocycles. The van der Waals surface area contributed by atoms with Gasteiger partial charge in [0.15, 0.2) is 0 Å². The first-order chi connectivity index (χ1) is 13.6. The Bertz CT molecular complexity index is 580. The van der Waals surface area contributed by atoms with E-state index in [1.807, 2.05) is 0 Å². The molecular weight excluding hydrogens is 356 g/mol. The van der Waals surface area contributed by atoms with E-state index in [1.165, 1.54) is 57.8 Å². The average Bonchev–Trinajstić information content (AvgIpc) is 2.98. The second-order valence-corrected chi connectivity index (χ2v) is 13.2. The maximum absolute atomic E-state index is 10.4. The molecule has 0 spiro atoms. The zero-order chi connectivity index (χ0) is 21.0. The van der Waals surface area contributed by atoms with Crippen LogP contribution in [-0.4, -0.2) is 22.4 Å². The molecule has 4 rings (SSSR count). The number of hydrogen-bond acceptors (Lipinski definition) is 2. The summed E-state index contributed by atoms with van der Waals surface area (Å²) in [6.45, 7) is 11.7. The molecule has 0 amide bonds. The Hall–Kier alpha value is -0.0800. The molecule has 4 aliphatic carbocycles. The Morgan fingerprint density at radius 3 is 2.31 bits per heavy atom. The number of rotatable bonds is 4. The molecule has 4 fully saturated rings. The summed E-state index contributed by atoms with van der Waals surface area (Å²) in [5.41, 5.74) is 1.06. The van der Waals surface area contributed by atoms with Gasteiger partial charge in [-0.3, -0.25) is 0 Å². The minimum absolute atomic E-state index is 0.0157. The van der Waals surface area contributed by atoms with Crippen molar-refractivity contribution in [2.24, 2.45) is 45.8 Å². The summed E-state index contributed by atoms with van der Waals surface area (Å²) in [5, 5.41) is 20.7. The van der Waals surface area contributed by atoms with Crippen LogP contribution in [0.5, 0.6) is 0 Å². The van der Waals surface area contributed by atoms with Crippen LogP contribution in [-0.2, 0) is 0 Å². The zero-order valence-electron chi connectivity index (χ0n) is 19.9. The van der Waals surface area contributed by atoms with Crippen LogP contribution in [0.3, 0.4) is 0 Å². The molecule has 0 radical (unpaired) electrons. The van der Waals surface area contributed by atoms with E-state index in [9.17, 15) is 10.2 Å². The van der Waals surface area contributed by atoms with E-state index in [1.54, 1.807) is 0 Å². The summed E-state index contributed by atoms with van der Waals surface area (Å²) in [6, 6.07) is 0. The Kier molecular flexibility index (Phi) is 5.95. The fraction of sp³-hybridized carbons (Fsp3) is 1.00. The summed E-state index contributed by atoms with van der Waals surface area (Å²) in [4.78, 5) is 0. The van der Waals surface area contributed by atoms with Gasteiger partial charge in [0.05, 0.1) is 12.2 Å². The highest BCUT2D eigenvalue weighted by Crippen LogP contribution is 2.67. The summed E-state index contributed by atoms with van der Waals surface area (Å²) >= 11 is 0.